The number of ether oxygens (including phenoxy) is 1. The Hall–Kier alpha value is -2.96. The van der Waals surface area contributed by atoms with Crippen molar-refractivity contribution in [3.05, 3.63) is 57.8 Å². The van der Waals surface area contributed by atoms with Crippen LogP contribution in [0.5, 0.6) is 5.75 Å². The van der Waals surface area contributed by atoms with Crippen molar-refractivity contribution in [2.75, 3.05) is 11.4 Å². The van der Waals surface area contributed by atoms with Gasteiger partial charge in [-0.3, -0.25) is 14.4 Å². The Labute approximate surface area is 142 Å². The topological polar surface area (TPSA) is 79.5 Å². The van der Waals surface area contributed by atoms with Crippen LogP contribution in [0.2, 0.25) is 0 Å². The van der Waals surface area contributed by atoms with Gasteiger partial charge in [-0.25, -0.2) is 4.39 Å². The van der Waals surface area contributed by atoms with Gasteiger partial charge in [0, 0.05) is 42.9 Å². The van der Waals surface area contributed by atoms with E-state index in [-0.39, 0.29) is 17.2 Å². The van der Waals surface area contributed by atoms with Crippen LogP contribution in [0.3, 0.4) is 0 Å². The molecule has 128 valence electrons. The van der Waals surface area contributed by atoms with Gasteiger partial charge in [-0.05, 0) is 30.2 Å². The lowest BCUT2D eigenvalue weighted by Crippen LogP contribution is -2.32. The van der Waals surface area contributed by atoms with Gasteiger partial charge in [0.1, 0.15) is 11.6 Å². The lowest BCUT2D eigenvalue weighted by Gasteiger charge is -2.18. The Morgan fingerprint density at radius 2 is 2.00 bits per heavy atom. The maximum atomic E-state index is 14.2. The van der Waals surface area contributed by atoms with E-state index in [0.717, 1.165) is 0 Å². The summed E-state index contributed by atoms with van der Waals surface area (Å²) in [5.74, 6) is -0.453. The molecule has 4 rings (SSSR count). The molecule has 7 heteroatoms. The lowest BCUT2D eigenvalue weighted by atomic mass is 10.1. The number of nitrogens with zero attached hydrogens (tertiary/aromatic N) is 1. The molecule has 1 amide bonds. The van der Waals surface area contributed by atoms with Crippen LogP contribution < -0.4 is 15.2 Å². The zero-order chi connectivity index (χ0) is 17.6. The van der Waals surface area contributed by atoms with E-state index in [1.54, 1.807) is 6.07 Å². The molecule has 0 saturated carbocycles. The normalized spacial score (nSPS) is 19.4. The molecule has 1 atom stereocenters. The molecule has 6 nitrogen and oxygen atoms in total. The van der Waals surface area contributed by atoms with Crippen molar-refractivity contribution >= 4 is 17.4 Å². The summed E-state index contributed by atoms with van der Waals surface area (Å²) in [4.78, 5) is 39.4. The minimum atomic E-state index is -0.710. The highest BCUT2D eigenvalue weighted by Crippen LogP contribution is 2.32. The minimum Gasteiger partial charge on any atom is -0.479 e. The summed E-state index contributed by atoms with van der Waals surface area (Å²) in [7, 11) is 0. The number of Topliss-reactive ketones (excluding diaryl/α,β-unsaturated/α-hetero) is 1. The van der Waals surface area contributed by atoms with Crippen molar-refractivity contribution in [1.29, 1.82) is 0 Å². The van der Waals surface area contributed by atoms with Gasteiger partial charge in [0.05, 0.1) is 0 Å². The fraction of sp³-hybridized carbons (Fsp3) is 0.278. The van der Waals surface area contributed by atoms with E-state index in [1.807, 2.05) is 0 Å². The first-order valence-corrected chi connectivity index (χ1v) is 8.05. The van der Waals surface area contributed by atoms with E-state index in [1.165, 1.54) is 29.3 Å². The van der Waals surface area contributed by atoms with Crippen LogP contribution in [-0.4, -0.2) is 29.3 Å². The number of rotatable bonds is 3. The monoisotopic (exact) mass is 342 g/mol. The molecule has 2 aliphatic rings. The maximum absolute atomic E-state index is 14.2. The van der Waals surface area contributed by atoms with Crippen LogP contribution in [0.1, 0.15) is 28.8 Å². The smallest absolute Gasteiger partial charge is 0.268 e. The fourth-order valence-electron chi connectivity index (χ4n) is 3.31. The van der Waals surface area contributed by atoms with E-state index in [0.29, 0.717) is 48.4 Å². The average molecular weight is 342 g/mol. The lowest BCUT2D eigenvalue weighted by molar-refractivity contribution is -0.122. The Bertz CT molecular complexity index is 917. The molecule has 2 heterocycles. The van der Waals surface area contributed by atoms with Crippen LogP contribution >= 0.6 is 0 Å². The predicted molar refractivity (Wildman–Crippen MR) is 87.5 cm³/mol. The average Bonchev–Trinajstić information content (AvgIpc) is 3.14. The predicted octanol–water partition coefficient (Wildman–Crippen LogP) is 1.83. The zero-order valence-electron chi connectivity index (χ0n) is 13.3. The van der Waals surface area contributed by atoms with Crippen LogP contribution in [0.4, 0.5) is 10.1 Å². The molecule has 1 aliphatic heterocycles. The number of amides is 1. The second kappa shape index (κ2) is 5.84. The van der Waals surface area contributed by atoms with Crippen LogP contribution in [0.15, 0.2) is 35.3 Å². The number of anilines is 1. The summed E-state index contributed by atoms with van der Waals surface area (Å²) in [6, 6.07) is 5.70. The SMILES string of the molecule is O=C1CCc2c(F)cc(N3CCC(Oc4ccc(=O)[nH]c4)C3=O)cc21. The van der Waals surface area contributed by atoms with Crippen molar-refractivity contribution in [2.24, 2.45) is 0 Å². The van der Waals surface area contributed by atoms with Crippen molar-refractivity contribution < 1.29 is 18.7 Å². The number of carbonyl (C=O) groups excluding carboxylic acids is 2. The summed E-state index contributed by atoms with van der Waals surface area (Å²) < 4.78 is 19.8. The Morgan fingerprint density at radius 1 is 1.16 bits per heavy atom. The number of fused-ring (bicyclic) bond motifs is 1. The number of pyridine rings is 1. The van der Waals surface area contributed by atoms with E-state index in [4.69, 9.17) is 4.74 Å². The first kappa shape index (κ1) is 15.6. The highest BCUT2D eigenvalue weighted by atomic mass is 19.1. The number of aromatic nitrogens is 1. The molecule has 1 aromatic carbocycles. The number of hydrogen-bond acceptors (Lipinski definition) is 4. The molecule has 1 aliphatic carbocycles. The highest BCUT2D eigenvalue weighted by Gasteiger charge is 2.35. The summed E-state index contributed by atoms with van der Waals surface area (Å²) >= 11 is 0. The van der Waals surface area contributed by atoms with E-state index in [2.05, 4.69) is 4.98 Å². The van der Waals surface area contributed by atoms with Gasteiger partial charge in [0.15, 0.2) is 11.9 Å². The van der Waals surface area contributed by atoms with Crippen LogP contribution in [0, 0.1) is 5.82 Å². The first-order chi connectivity index (χ1) is 12.0. The quantitative estimate of drug-likeness (QED) is 0.923. The molecule has 0 bridgehead atoms. The highest BCUT2D eigenvalue weighted by molar-refractivity contribution is 6.04. The first-order valence-electron chi connectivity index (χ1n) is 8.05. The van der Waals surface area contributed by atoms with Gasteiger partial charge in [-0.15, -0.1) is 0 Å². The largest absolute Gasteiger partial charge is 0.479 e. The molecule has 1 fully saturated rings. The Kier molecular flexibility index (Phi) is 3.63. The fourth-order valence-corrected chi connectivity index (χ4v) is 3.31. The standard InChI is InChI=1S/C18H15FN2O4/c19-14-8-10(7-13-12(14)2-3-15(13)22)21-6-5-16(18(21)24)25-11-1-4-17(23)20-9-11/h1,4,7-9,16H,2-3,5-6H2,(H,20,23). The number of ketones is 1. The van der Waals surface area contributed by atoms with Crippen molar-refractivity contribution in [2.45, 2.75) is 25.4 Å². The molecular formula is C18H15FN2O4. The number of hydrogen-bond donors (Lipinski definition) is 1. The van der Waals surface area contributed by atoms with Crippen molar-refractivity contribution in [3.8, 4) is 5.75 Å². The number of H-pyrrole nitrogens is 1. The zero-order valence-corrected chi connectivity index (χ0v) is 13.3. The molecule has 0 radical (unpaired) electrons. The number of halogens is 1. The second-order valence-electron chi connectivity index (χ2n) is 6.15. The summed E-state index contributed by atoms with van der Waals surface area (Å²) in [5, 5.41) is 0. The van der Waals surface area contributed by atoms with E-state index < -0.39 is 11.9 Å². The third kappa shape index (κ3) is 2.71. The van der Waals surface area contributed by atoms with E-state index >= 15 is 0 Å². The maximum Gasteiger partial charge on any atom is 0.268 e. The minimum absolute atomic E-state index is 0.0940. The molecule has 1 saturated heterocycles. The van der Waals surface area contributed by atoms with Gasteiger partial charge in [0.2, 0.25) is 5.56 Å². The summed E-state index contributed by atoms with van der Waals surface area (Å²) in [6.45, 7) is 0.374. The van der Waals surface area contributed by atoms with Crippen molar-refractivity contribution in [1.82, 2.24) is 4.98 Å². The molecule has 25 heavy (non-hydrogen) atoms. The molecule has 2 aromatic rings. The number of aromatic amines is 1. The molecule has 0 spiro atoms. The van der Waals surface area contributed by atoms with Crippen LogP contribution in [0.25, 0.3) is 0 Å². The van der Waals surface area contributed by atoms with Gasteiger partial charge in [0.25, 0.3) is 5.91 Å². The molecule has 1 aromatic heterocycles. The number of carbonyl (C=O) groups is 2. The van der Waals surface area contributed by atoms with E-state index in [9.17, 15) is 18.8 Å². The molecule has 1 unspecified atom stereocenters. The molecule has 1 N–H and O–H groups in total. The van der Waals surface area contributed by atoms with Gasteiger partial charge in [-0.1, -0.05) is 0 Å². The number of nitrogens with one attached hydrogen (secondary N) is 1. The second-order valence-corrected chi connectivity index (χ2v) is 6.15. The Balaban J connectivity index is 1.57. The summed E-state index contributed by atoms with van der Waals surface area (Å²) in [6.07, 6.45) is 1.84. The van der Waals surface area contributed by atoms with Gasteiger partial charge >= 0.3 is 0 Å². The Morgan fingerprint density at radius 3 is 2.76 bits per heavy atom. The number of benzene rings is 1. The third-order valence-electron chi connectivity index (χ3n) is 4.58. The molecular weight excluding hydrogens is 327 g/mol. The third-order valence-corrected chi connectivity index (χ3v) is 4.58. The van der Waals surface area contributed by atoms with Crippen LogP contribution in [-0.2, 0) is 11.2 Å². The van der Waals surface area contributed by atoms with Gasteiger partial charge < -0.3 is 14.6 Å². The van der Waals surface area contributed by atoms with Crippen molar-refractivity contribution in [3.63, 3.8) is 0 Å². The summed E-state index contributed by atoms with van der Waals surface area (Å²) in [5.41, 5.74) is 0.920. The van der Waals surface area contributed by atoms with Gasteiger partial charge in [-0.2, -0.15) is 0 Å².